The lowest BCUT2D eigenvalue weighted by molar-refractivity contribution is -0.155. The fourth-order valence-corrected chi connectivity index (χ4v) is 1.57. The molecule has 1 heterocycles. The van der Waals surface area contributed by atoms with Crippen molar-refractivity contribution in [2.75, 3.05) is 7.11 Å². The van der Waals surface area contributed by atoms with Crippen molar-refractivity contribution in [3.8, 4) is 5.88 Å². The molecule has 1 N–H and O–H groups in total. The van der Waals surface area contributed by atoms with Crippen LogP contribution in [0.2, 0.25) is 0 Å². The van der Waals surface area contributed by atoms with Crippen LogP contribution in [-0.2, 0) is 20.9 Å². The summed E-state index contributed by atoms with van der Waals surface area (Å²) in [5.74, 6) is -0.0737. The highest BCUT2D eigenvalue weighted by molar-refractivity contribution is 5.81. The Hall–Kier alpha value is -2.11. The molecule has 0 fully saturated rings. The standard InChI is InChI=1S/C15H22N2O4/c1-15(2,3)21-14(19)6-5-12(18)17-10-11-7-8-16-13(9-11)20-4/h7-9H,5-6,10H2,1-4H3,(H,17,18). The third-order valence-corrected chi connectivity index (χ3v) is 2.47. The average molecular weight is 294 g/mol. The maximum absolute atomic E-state index is 11.7. The number of pyridine rings is 1. The van der Waals surface area contributed by atoms with Gasteiger partial charge in [0.25, 0.3) is 0 Å². The first-order valence-electron chi connectivity index (χ1n) is 6.77. The topological polar surface area (TPSA) is 77.5 Å². The zero-order valence-corrected chi connectivity index (χ0v) is 12.9. The Kier molecular flexibility index (Phi) is 6.14. The summed E-state index contributed by atoms with van der Waals surface area (Å²) in [5.41, 5.74) is 0.355. The third kappa shape index (κ3) is 7.29. The minimum atomic E-state index is -0.527. The van der Waals surface area contributed by atoms with Gasteiger partial charge in [-0.2, -0.15) is 0 Å². The maximum atomic E-state index is 11.7. The van der Waals surface area contributed by atoms with Gasteiger partial charge in [-0.25, -0.2) is 4.98 Å². The van der Waals surface area contributed by atoms with E-state index >= 15 is 0 Å². The number of amides is 1. The fourth-order valence-electron chi connectivity index (χ4n) is 1.57. The normalized spacial score (nSPS) is 10.9. The monoisotopic (exact) mass is 294 g/mol. The first-order chi connectivity index (χ1) is 9.80. The van der Waals surface area contributed by atoms with Gasteiger partial charge < -0.3 is 14.8 Å². The smallest absolute Gasteiger partial charge is 0.306 e. The van der Waals surface area contributed by atoms with Gasteiger partial charge in [-0.3, -0.25) is 9.59 Å². The van der Waals surface area contributed by atoms with Crippen molar-refractivity contribution < 1.29 is 19.1 Å². The van der Waals surface area contributed by atoms with Crippen LogP contribution in [0.15, 0.2) is 18.3 Å². The molecule has 116 valence electrons. The number of nitrogens with zero attached hydrogens (tertiary/aromatic N) is 1. The number of ether oxygens (including phenoxy) is 2. The predicted molar refractivity (Wildman–Crippen MR) is 77.7 cm³/mol. The van der Waals surface area contributed by atoms with Gasteiger partial charge in [0.2, 0.25) is 11.8 Å². The van der Waals surface area contributed by atoms with Gasteiger partial charge in [0.05, 0.1) is 13.5 Å². The van der Waals surface area contributed by atoms with E-state index in [2.05, 4.69) is 10.3 Å². The van der Waals surface area contributed by atoms with Gasteiger partial charge in [-0.05, 0) is 32.4 Å². The van der Waals surface area contributed by atoms with Crippen molar-refractivity contribution >= 4 is 11.9 Å². The Morgan fingerprint density at radius 2 is 2.00 bits per heavy atom. The lowest BCUT2D eigenvalue weighted by Crippen LogP contribution is -2.27. The van der Waals surface area contributed by atoms with E-state index in [4.69, 9.17) is 9.47 Å². The van der Waals surface area contributed by atoms with Crippen molar-refractivity contribution in [2.24, 2.45) is 0 Å². The van der Waals surface area contributed by atoms with Crippen LogP contribution in [-0.4, -0.2) is 29.6 Å². The van der Waals surface area contributed by atoms with E-state index < -0.39 is 5.60 Å². The minimum Gasteiger partial charge on any atom is -0.481 e. The molecule has 0 radical (unpaired) electrons. The van der Waals surface area contributed by atoms with Gasteiger partial charge in [-0.1, -0.05) is 0 Å². The van der Waals surface area contributed by atoms with Crippen molar-refractivity contribution in [3.05, 3.63) is 23.9 Å². The Morgan fingerprint density at radius 3 is 2.62 bits per heavy atom. The Morgan fingerprint density at radius 1 is 1.29 bits per heavy atom. The second kappa shape index (κ2) is 7.61. The summed E-state index contributed by atoms with van der Waals surface area (Å²) in [4.78, 5) is 27.2. The molecule has 1 amide bonds. The van der Waals surface area contributed by atoms with Gasteiger partial charge in [-0.15, -0.1) is 0 Å². The van der Waals surface area contributed by atoms with E-state index in [0.717, 1.165) is 5.56 Å². The molecule has 0 bridgehead atoms. The van der Waals surface area contributed by atoms with Crippen LogP contribution >= 0.6 is 0 Å². The quantitative estimate of drug-likeness (QED) is 0.810. The fraction of sp³-hybridized carbons (Fsp3) is 0.533. The molecule has 1 rings (SSSR count). The second-order valence-corrected chi connectivity index (χ2v) is 5.57. The summed E-state index contributed by atoms with van der Waals surface area (Å²) >= 11 is 0. The minimum absolute atomic E-state index is 0.0722. The lowest BCUT2D eigenvalue weighted by Gasteiger charge is -2.19. The number of hydrogen-bond donors (Lipinski definition) is 1. The van der Waals surface area contributed by atoms with Crippen molar-refractivity contribution in [1.29, 1.82) is 0 Å². The van der Waals surface area contributed by atoms with Crippen LogP contribution < -0.4 is 10.1 Å². The SMILES string of the molecule is COc1cc(CNC(=O)CCC(=O)OC(C)(C)C)ccn1. The summed E-state index contributed by atoms with van der Waals surface area (Å²) in [6.45, 7) is 5.75. The lowest BCUT2D eigenvalue weighted by atomic mass is 10.2. The summed E-state index contributed by atoms with van der Waals surface area (Å²) in [6.07, 6.45) is 1.79. The predicted octanol–water partition coefficient (Wildman–Crippen LogP) is 1.83. The van der Waals surface area contributed by atoms with Crippen molar-refractivity contribution in [1.82, 2.24) is 10.3 Å². The molecule has 0 saturated carbocycles. The van der Waals surface area contributed by atoms with Crippen LogP contribution in [0.3, 0.4) is 0 Å². The van der Waals surface area contributed by atoms with Crippen LogP contribution in [0.5, 0.6) is 5.88 Å². The van der Waals surface area contributed by atoms with Crippen molar-refractivity contribution in [2.45, 2.75) is 45.8 Å². The Balaban J connectivity index is 2.32. The molecule has 0 unspecified atom stereocenters. The second-order valence-electron chi connectivity index (χ2n) is 5.57. The zero-order valence-electron chi connectivity index (χ0n) is 12.9. The zero-order chi connectivity index (χ0) is 15.9. The Labute approximate surface area is 124 Å². The van der Waals surface area contributed by atoms with E-state index in [1.807, 2.05) is 0 Å². The molecule has 0 atom stereocenters. The number of esters is 1. The molecule has 6 heteroatoms. The van der Waals surface area contributed by atoms with Crippen LogP contribution in [0.1, 0.15) is 39.2 Å². The number of methoxy groups -OCH3 is 1. The van der Waals surface area contributed by atoms with E-state index in [1.54, 1.807) is 39.1 Å². The highest BCUT2D eigenvalue weighted by Gasteiger charge is 2.16. The maximum Gasteiger partial charge on any atom is 0.306 e. The molecular weight excluding hydrogens is 272 g/mol. The highest BCUT2D eigenvalue weighted by Crippen LogP contribution is 2.10. The number of aromatic nitrogens is 1. The number of nitrogens with one attached hydrogen (secondary N) is 1. The van der Waals surface area contributed by atoms with E-state index in [-0.39, 0.29) is 24.7 Å². The van der Waals surface area contributed by atoms with Crippen LogP contribution in [0.25, 0.3) is 0 Å². The van der Waals surface area contributed by atoms with Gasteiger partial charge in [0.15, 0.2) is 0 Å². The third-order valence-electron chi connectivity index (χ3n) is 2.47. The summed E-state index contributed by atoms with van der Waals surface area (Å²) in [7, 11) is 1.53. The van der Waals surface area contributed by atoms with Gasteiger partial charge >= 0.3 is 5.97 Å². The van der Waals surface area contributed by atoms with Crippen molar-refractivity contribution in [3.63, 3.8) is 0 Å². The van der Waals surface area contributed by atoms with Gasteiger partial charge in [0, 0.05) is 25.2 Å². The molecule has 1 aromatic rings. The average Bonchev–Trinajstić information content (AvgIpc) is 2.41. The summed E-state index contributed by atoms with van der Waals surface area (Å²) in [5, 5.41) is 2.74. The molecule has 1 aromatic heterocycles. The largest absolute Gasteiger partial charge is 0.481 e. The molecule has 0 saturated heterocycles. The first-order valence-corrected chi connectivity index (χ1v) is 6.77. The van der Waals surface area contributed by atoms with E-state index in [0.29, 0.717) is 12.4 Å². The molecule has 0 aliphatic carbocycles. The number of carbonyl (C=O) groups excluding carboxylic acids is 2. The molecular formula is C15H22N2O4. The van der Waals surface area contributed by atoms with E-state index in [1.165, 1.54) is 7.11 Å². The van der Waals surface area contributed by atoms with Gasteiger partial charge in [0.1, 0.15) is 5.60 Å². The molecule has 0 aromatic carbocycles. The molecule has 0 aliphatic rings. The first kappa shape index (κ1) is 16.9. The number of carbonyl (C=O) groups is 2. The molecule has 0 aliphatic heterocycles. The number of hydrogen-bond acceptors (Lipinski definition) is 5. The van der Waals surface area contributed by atoms with Crippen LogP contribution in [0, 0.1) is 0 Å². The van der Waals surface area contributed by atoms with E-state index in [9.17, 15) is 9.59 Å². The number of rotatable bonds is 6. The molecule has 6 nitrogen and oxygen atoms in total. The molecule has 0 spiro atoms. The molecule has 21 heavy (non-hydrogen) atoms. The highest BCUT2D eigenvalue weighted by atomic mass is 16.6. The summed E-state index contributed by atoms with van der Waals surface area (Å²) in [6, 6.07) is 3.53. The van der Waals surface area contributed by atoms with Crippen LogP contribution in [0.4, 0.5) is 0 Å². The Bertz CT molecular complexity index is 495. The summed E-state index contributed by atoms with van der Waals surface area (Å²) < 4.78 is 10.1.